The fourth-order valence-electron chi connectivity index (χ4n) is 4.03. The van der Waals surface area contributed by atoms with Crippen molar-refractivity contribution in [2.75, 3.05) is 11.9 Å². The molecule has 164 valence electrons. The summed E-state index contributed by atoms with van der Waals surface area (Å²) in [5.41, 5.74) is 3.31. The van der Waals surface area contributed by atoms with Crippen molar-refractivity contribution < 1.29 is 4.39 Å². The fraction of sp³-hybridized carbons (Fsp3) is 0.481. The second kappa shape index (κ2) is 13.1. The van der Waals surface area contributed by atoms with E-state index >= 15 is 0 Å². The molecule has 2 rings (SSSR count). The van der Waals surface area contributed by atoms with E-state index in [2.05, 4.69) is 50.1 Å². The summed E-state index contributed by atoms with van der Waals surface area (Å²) in [5, 5.41) is 6.78. The van der Waals surface area contributed by atoms with Gasteiger partial charge in [-0.2, -0.15) is 0 Å². The third-order valence-corrected chi connectivity index (χ3v) is 6.07. The lowest BCUT2D eigenvalue weighted by molar-refractivity contribution is 0.324. The lowest BCUT2D eigenvalue weighted by Gasteiger charge is -2.21. The quantitative estimate of drug-likeness (QED) is 0.315. The van der Waals surface area contributed by atoms with Crippen LogP contribution in [0.25, 0.3) is 0 Å². The van der Waals surface area contributed by atoms with Gasteiger partial charge in [-0.05, 0) is 72.9 Å². The SMILES string of the molecule is C=C(NCCCC(CC)CC(CC)CC)Nc1cccc(Cc2ccc(F)cc2)c1. The Balaban J connectivity index is 1.74. The highest BCUT2D eigenvalue weighted by Crippen LogP contribution is 2.24. The molecular weight excluding hydrogens is 371 g/mol. The van der Waals surface area contributed by atoms with Crippen LogP contribution in [0.4, 0.5) is 10.1 Å². The van der Waals surface area contributed by atoms with Gasteiger partial charge in [0.2, 0.25) is 0 Å². The number of rotatable bonds is 14. The van der Waals surface area contributed by atoms with Crippen molar-refractivity contribution in [3.8, 4) is 0 Å². The van der Waals surface area contributed by atoms with Crippen molar-refractivity contribution in [3.05, 3.63) is 77.9 Å². The van der Waals surface area contributed by atoms with Gasteiger partial charge in [-0.15, -0.1) is 0 Å². The zero-order valence-corrected chi connectivity index (χ0v) is 19.0. The molecule has 0 fully saturated rings. The Labute approximate surface area is 183 Å². The molecule has 1 atom stereocenters. The number of halogens is 1. The standard InChI is InChI=1S/C27H39FN2/c1-5-22(6-2)18-23(7-3)11-9-17-29-21(4)30-27-12-8-10-25(20-27)19-24-13-15-26(28)16-14-24/h8,10,12-16,20,22-23,29-30H,4-7,9,11,17-19H2,1-3H3. The van der Waals surface area contributed by atoms with Gasteiger partial charge in [-0.1, -0.05) is 70.9 Å². The van der Waals surface area contributed by atoms with Gasteiger partial charge in [0.25, 0.3) is 0 Å². The molecule has 0 saturated carbocycles. The van der Waals surface area contributed by atoms with Crippen molar-refractivity contribution in [1.29, 1.82) is 0 Å². The van der Waals surface area contributed by atoms with Gasteiger partial charge >= 0.3 is 0 Å². The van der Waals surface area contributed by atoms with Crippen LogP contribution < -0.4 is 10.6 Å². The first-order valence-electron chi connectivity index (χ1n) is 11.6. The van der Waals surface area contributed by atoms with Crippen LogP contribution in [0, 0.1) is 17.7 Å². The molecule has 0 aliphatic heterocycles. The second-order valence-electron chi connectivity index (χ2n) is 8.37. The Morgan fingerprint density at radius 2 is 1.63 bits per heavy atom. The summed E-state index contributed by atoms with van der Waals surface area (Å²) in [6.45, 7) is 12.0. The summed E-state index contributed by atoms with van der Waals surface area (Å²) >= 11 is 0. The normalized spacial score (nSPS) is 12.0. The van der Waals surface area contributed by atoms with Crippen LogP contribution in [0.2, 0.25) is 0 Å². The zero-order valence-electron chi connectivity index (χ0n) is 19.0. The van der Waals surface area contributed by atoms with Crippen LogP contribution in [0.1, 0.15) is 70.4 Å². The Hall–Kier alpha value is -2.29. The van der Waals surface area contributed by atoms with E-state index in [-0.39, 0.29) is 5.82 Å². The lowest BCUT2D eigenvalue weighted by Crippen LogP contribution is -2.20. The highest BCUT2D eigenvalue weighted by atomic mass is 19.1. The van der Waals surface area contributed by atoms with Crippen molar-refractivity contribution in [3.63, 3.8) is 0 Å². The van der Waals surface area contributed by atoms with Crippen molar-refractivity contribution >= 4 is 5.69 Å². The van der Waals surface area contributed by atoms with E-state index in [1.54, 1.807) is 0 Å². The maximum Gasteiger partial charge on any atom is 0.123 e. The highest BCUT2D eigenvalue weighted by molar-refractivity contribution is 5.50. The highest BCUT2D eigenvalue weighted by Gasteiger charge is 2.12. The smallest absolute Gasteiger partial charge is 0.123 e. The van der Waals surface area contributed by atoms with Crippen LogP contribution in [0.15, 0.2) is 60.9 Å². The van der Waals surface area contributed by atoms with E-state index < -0.39 is 0 Å². The van der Waals surface area contributed by atoms with E-state index in [1.807, 2.05) is 24.3 Å². The Morgan fingerprint density at radius 3 is 2.30 bits per heavy atom. The average molecular weight is 411 g/mol. The fourth-order valence-corrected chi connectivity index (χ4v) is 4.03. The maximum absolute atomic E-state index is 13.1. The third kappa shape index (κ3) is 8.61. The first kappa shape index (κ1) is 24.0. The third-order valence-electron chi connectivity index (χ3n) is 6.07. The van der Waals surface area contributed by atoms with Crippen LogP contribution in [0.3, 0.4) is 0 Å². The van der Waals surface area contributed by atoms with Gasteiger partial charge in [0.1, 0.15) is 5.82 Å². The Morgan fingerprint density at radius 1 is 0.933 bits per heavy atom. The van der Waals surface area contributed by atoms with Crippen LogP contribution in [-0.4, -0.2) is 6.54 Å². The number of anilines is 1. The number of hydrogen-bond acceptors (Lipinski definition) is 2. The van der Waals surface area contributed by atoms with Crippen LogP contribution >= 0.6 is 0 Å². The molecule has 2 aromatic carbocycles. The van der Waals surface area contributed by atoms with Gasteiger partial charge in [0.05, 0.1) is 5.82 Å². The minimum Gasteiger partial charge on any atom is -0.372 e. The molecule has 0 amide bonds. The number of hydrogen-bond donors (Lipinski definition) is 2. The molecule has 1 unspecified atom stereocenters. The Bertz CT molecular complexity index is 750. The summed E-state index contributed by atoms with van der Waals surface area (Å²) in [4.78, 5) is 0. The molecule has 3 heteroatoms. The summed E-state index contributed by atoms with van der Waals surface area (Å²) in [6, 6.07) is 15.0. The maximum atomic E-state index is 13.1. The molecule has 0 radical (unpaired) electrons. The van der Waals surface area contributed by atoms with Gasteiger partial charge in [0, 0.05) is 12.2 Å². The molecule has 0 aliphatic rings. The lowest BCUT2D eigenvalue weighted by atomic mass is 9.86. The first-order chi connectivity index (χ1) is 14.5. The molecule has 0 bridgehead atoms. The van der Waals surface area contributed by atoms with E-state index in [9.17, 15) is 4.39 Å². The molecule has 0 saturated heterocycles. The molecule has 0 aromatic heterocycles. The molecule has 2 N–H and O–H groups in total. The van der Waals surface area contributed by atoms with E-state index in [0.29, 0.717) is 0 Å². The average Bonchev–Trinajstić information content (AvgIpc) is 2.75. The van der Waals surface area contributed by atoms with Gasteiger partial charge in [-0.25, -0.2) is 4.39 Å². The minimum absolute atomic E-state index is 0.197. The largest absolute Gasteiger partial charge is 0.372 e. The molecule has 0 aliphatic carbocycles. The molecule has 0 spiro atoms. The molecule has 30 heavy (non-hydrogen) atoms. The van der Waals surface area contributed by atoms with Gasteiger partial charge < -0.3 is 10.6 Å². The molecule has 2 aromatic rings. The van der Waals surface area contributed by atoms with Crippen LogP contribution in [0.5, 0.6) is 0 Å². The van der Waals surface area contributed by atoms with Crippen LogP contribution in [-0.2, 0) is 6.42 Å². The van der Waals surface area contributed by atoms with E-state index in [0.717, 1.165) is 41.9 Å². The van der Waals surface area contributed by atoms with Crippen molar-refractivity contribution in [2.24, 2.45) is 11.8 Å². The number of nitrogens with one attached hydrogen (secondary N) is 2. The number of benzene rings is 2. The van der Waals surface area contributed by atoms with Gasteiger partial charge in [0.15, 0.2) is 0 Å². The first-order valence-corrected chi connectivity index (χ1v) is 11.6. The molecule has 0 heterocycles. The summed E-state index contributed by atoms with van der Waals surface area (Å²) < 4.78 is 13.1. The summed E-state index contributed by atoms with van der Waals surface area (Å²) in [5.74, 6) is 2.35. The predicted molar refractivity (Wildman–Crippen MR) is 128 cm³/mol. The molecular formula is C27H39FN2. The topological polar surface area (TPSA) is 24.1 Å². The van der Waals surface area contributed by atoms with Crippen molar-refractivity contribution in [2.45, 2.75) is 65.7 Å². The second-order valence-corrected chi connectivity index (χ2v) is 8.37. The summed E-state index contributed by atoms with van der Waals surface area (Å²) in [7, 11) is 0. The molecule has 2 nitrogen and oxygen atoms in total. The van der Waals surface area contributed by atoms with E-state index in [1.165, 1.54) is 56.2 Å². The van der Waals surface area contributed by atoms with Crippen molar-refractivity contribution in [1.82, 2.24) is 5.32 Å². The van der Waals surface area contributed by atoms with Gasteiger partial charge in [-0.3, -0.25) is 0 Å². The predicted octanol–water partition coefficient (Wildman–Crippen LogP) is 7.52. The minimum atomic E-state index is -0.197. The summed E-state index contributed by atoms with van der Waals surface area (Å²) in [6.07, 6.45) is 8.47. The Kier molecular flexibility index (Phi) is 10.5. The zero-order chi connectivity index (χ0) is 21.8. The monoisotopic (exact) mass is 410 g/mol. The van der Waals surface area contributed by atoms with E-state index in [4.69, 9.17) is 0 Å².